The second kappa shape index (κ2) is 3.69. The van der Waals surface area contributed by atoms with Crippen LogP contribution in [-0.4, -0.2) is 14.5 Å². The van der Waals surface area contributed by atoms with E-state index < -0.39 is 0 Å². The summed E-state index contributed by atoms with van der Waals surface area (Å²) < 4.78 is 6.75. The number of nitrogens with one attached hydrogen (secondary N) is 1. The smallest absolute Gasteiger partial charge is 0.138 e. The second-order valence-corrected chi connectivity index (χ2v) is 3.41. The van der Waals surface area contributed by atoms with Crippen LogP contribution in [0.25, 0.3) is 5.65 Å². The van der Waals surface area contributed by atoms with Gasteiger partial charge in [0, 0.05) is 18.5 Å². The summed E-state index contributed by atoms with van der Waals surface area (Å²) >= 11 is 0. The maximum Gasteiger partial charge on any atom is 0.138 e. The van der Waals surface area contributed by atoms with Gasteiger partial charge in [0.1, 0.15) is 23.4 Å². The van der Waals surface area contributed by atoms with Gasteiger partial charge in [-0.05, 0) is 12.1 Å². The van der Waals surface area contributed by atoms with Crippen molar-refractivity contribution in [1.82, 2.24) is 14.5 Å². The largest absolute Gasteiger partial charge is 0.365 e. The maximum atomic E-state index is 4.77. The SMILES string of the molecule is c1cc(NCc2ccon2)n2ccnc2c1. The molecular weight excluding hydrogens is 204 g/mol. The van der Waals surface area contributed by atoms with Crippen molar-refractivity contribution in [3.8, 4) is 0 Å². The van der Waals surface area contributed by atoms with Gasteiger partial charge >= 0.3 is 0 Å². The van der Waals surface area contributed by atoms with Crippen molar-refractivity contribution in [2.75, 3.05) is 5.32 Å². The number of nitrogens with zero attached hydrogens (tertiary/aromatic N) is 3. The van der Waals surface area contributed by atoms with Crippen LogP contribution in [0.5, 0.6) is 0 Å². The van der Waals surface area contributed by atoms with E-state index in [0.717, 1.165) is 17.2 Å². The van der Waals surface area contributed by atoms with E-state index in [1.54, 1.807) is 12.5 Å². The highest BCUT2D eigenvalue weighted by Gasteiger charge is 2.01. The number of pyridine rings is 1. The Balaban J connectivity index is 1.86. The minimum Gasteiger partial charge on any atom is -0.365 e. The van der Waals surface area contributed by atoms with Gasteiger partial charge in [-0.1, -0.05) is 11.2 Å². The Bertz CT molecular complexity index is 585. The molecule has 5 nitrogen and oxygen atoms in total. The molecule has 5 heteroatoms. The molecule has 0 unspecified atom stereocenters. The Hall–Kier alpha value is -2.30. The van der Waals surface area contributed by atoms with Crippen LogP contribution in [0.15, 0.2) is 47.4 Å². The molecule has 0 aromatic carbocycles. The van der Waals surface area contributed by atoms with Crippen LogP contribution in [0, 0.1) is 0 Å². The number of hydrogen-bond donors (Lipinski definition) is 1. The van der Waals surface area contributed by atoms with E-state index >= 15 is 0 Å². The lowest BCUT2D eigenvalue weighted by Crippen LogP contribution is -2.03. The fourth-order valence-electron chi connectivity index (χ4n) is 1.60. The van der Waals surface area contributed by atoms with Crippen LogP contribution >= 0.6 is 0 Å². The van der Waals surface area contributed by atoms with Crippen molar-refractivity contribution in [2.24, 2.45) is 0 Å². The standard InChI is InChI=1S/C11H10N4O/c1-2-10-12-5-6-15(10)11(3-1)13-8-9-4-7-16-14-9/h1-7,13H,8H2. The first-order valence-electron chi connectivity index (χ1n) is 4.99. The Morgan fingerprint density at radius 2 is 2.31 bits per heavy atom. The maximum absolute atomic E-state index is 4.77. The topological polar surface area (TPSA) is 55.4 Å². The normalized spacial score (nSPS) is 10.8. The number of imidazole rings is 1. The Labute approximate surface area is 91.7 Å². The summed E-state index contributed by atoms with van der Waals surface area (Å²) in [6, 6.07) is 7.75. The summed E-state index contributed by atoms with van der Waals surface area (Å²) in [5, 5.41) is 7.11. The van der Waals surface area contributed by atoms with Crippen molar-refractivity contribution in [2.45, 2.75) is 6.54 Å². The summed E-state index contributed by atoms with van der Waals surface area (Å²) in [6.07, 6.45) is 5.26. The van der Waals surface area contributed by atoms with Crippen molar-refractivity contribution < 1.29 is 4.52 Å². The lowest BCUT2D eigenvalue weighted by Gasteiger charge is -2.06. The fourth-order valence-corrected chi connectivity index (χ4v) is 1.60. The quantitative estimate of drug-likeness (QED) is 0.723. The summed E-state index contributed by atoms with van der Waals surface area (Å²) in [5.74, 6) is 0.984. The second-order valence-electron chi connectivity index (χ2n) is 3.41. The molecule has 0 bridgehead atoms. The number of hydrogen-bond acceptors (Lipinski definition) is 4. The molecule has 0 aliphatic rings. The van der Waals surface area contributed by atoms with Gasteiger partial charge in [0.25, 0.3) is 0 Å². The third-order valence-corrected chi connectivity index (χ3v) is 2.37. The molecule has 16 heavy (non-hydrogen) atoms. The lowest BCUT2D eigenvalue weighted by molar-refractivity contribution is 0.412. The van der Waals surface area contributed by atoms with Gasteiger partial charge < -0.3 is 9.84 Å². The van der Waals surface area contributed by atoms with E-state index in [-0.39, 0.29) is 0 Å². The molecule has 0 atom stereocenters. The minimum atomic E-state index is 0.633. The number of fused-ring (bicyclic) bond motifs is 1. The van der Waals surface area contributed by atoms with E-state index in [1.165, 1.54) is 0 Å². The number of anilines is 1. The molecule has 0 saturated heterocycles. The van der Waals surface area contributed by atoms with Crippen LogP contribution in [-0.2, 0) is 6.54 Å². The van der Waals surface area contributed by atoms with Crippen LogP contribution in [0.1, 0.15) is 5.69 Å². The Morgan fingerprint density at radius 3 is 3.19 bits per heavy atom. The molecule has 80 valence electrons. The van der Waals surface area contributed by atoms with Gasteiger partial charge in [0.15, 0.2) is 0 Å². The summed E-state index contributed by atoms with van der Waals surface area (Å²) in [7, 11) is 0. The number of rotatable bonds is 3. The first-order valence-corrected chi connectivity index (χ1v) is 4.99. The predicted molar refractivity (Wildman–Crippen MR) is 59.0 cm³/mol. The van der Waals surface area contributed by atoms with E-state index in [0.29, 0.717) is 6.54 Å². The third kappa shape index (κ3) is 1.52. The molecule has 0 fully saturated rings. The lowest BCUT2D eigenvalue weighted by atomic mass is 10.4. The minimum absolute atomic E-state index is 0.633. The Morgan fingerprint density at radius 1 is 1.31 bits per heavy atom. The van der Waals surface area contributed by atoms with Gasteiger partial charge in [-0.25, -0.2) is 4.98 Å². The molecule has 1 N–H and O–H groups in total. The van der Waals surface area contributed by atoms with Crippen LogP contribution in [0.2, 0.25) is 0 Å². The van der Waals surface area contributed by atoms with Gasteiger partial charge in [0.2, 0.25) is 0 Å². The van der Waals surface area contributed by atoms with Crippen molar-refractivity contribution in [1.29, 1.82) is 0 Å². The Kier molecular flexibility index (Phi) is 2.07. The van der Waals surface area contributed by atoms with Crippen molar-refractivity contribution in [3.63, 3.8) is 0 Å². The highest BCUT2D eigenvalue weighted by atomic mass is 16.5. The first-order chi connectivity index (χ1) is 7.93. The first kappa shape index (κ1) is 8.96. The third-order valence-electron chi connectivity index (χ3n) is 2.37. The molecule has 3 aromatic rings. The highest BCUT2D eigenvalue weighted by Crippen LogP contribution is 2.11. The summed E-state index contributed by atoms with van der Waals surface area (Å²) in [4.78, 5) is 4.21. The molecule has 0 amide bonds. The predicted octanol–water partition coefficient (Wildman–Crippen LogP) is 1.93. The van der Waals surface area contributed by atoms with Gasteiger partial charge in [0.05, 0.1) is 6.54 Å². The molecule has 0 saturated carbocycles. The average Bonchev–Trinajstić information content (AvgIpc) is 2.97. The summed E-state index contributed by atoms with van der Waals surface area (Å²) in [5.41, 5.74) is 1.79. The summed E-state index contributed by atoms with van der Waals surface area (Å²) in [6.45, 7) is 0.633. The zero-order chi connectivity index (χ0) is 10.8. The zero-order valence-corrected chi connectivity index (χ0v) is 8.50. The molecule has 3 heterocycles. The van der Waals surface area contributed by atoms with E-state index in [4.69, 9.17) is 4.52 Å². The molecule has 0 spiro atoms. The monoisotopic (exact) mass is 214 g/mol. The number of aromatic nitrogens is 3. The van der Waals surface area contributed by atoms with E-state index in [1.807, 2.05) is 34.9 Å². The van der Waals surface area contributed by atoms with Crippen molar-refractivity contribution >= 4 is 11.5 Å². The molecule has 0 aliphatic carbocycles. The molecule has 3 rings (SSSR count). The van der Waals surface area contributed by atoms with Crippen LogP contribution in [0.4, 0.5) is 5.82 Å². The van der Waals surface area contributed by atoms with Gasteiger partial charge in [-0.2, -0.15) is 0 Å². The molecule has 0 radical (unpaired) electrons. The fraction of sp³-hybridized carbons (Fsp3) is 0.0909. The van der Waals surface area contributed by atoms with Crippen molar-refractivity contribution in [3.05, 3.63) is 48.6 Å². The zero-order valence-electron chi connectivity index (χ0n) is 8.50. The molecule has 3 aromatic heterocycles. The van der Waals surface area contributed by atoms with Gasteiger partial charge in [-0.3, -0.25) is 4.40 Å². The van der Waals surface area contributed by atoms with Gasteiger partial charge in [-0.15, -0.1) is 0 Å². The van der Waals surface area contributed by atoms with Crippen LogP contribution in [0.3, 0.4) is 0 Å². The van der Waals surface area contributed by atoms with E-state index in [2.05, 4.69) is 15.5 Å². The van der Waals surface area contributed by atoms with Crippen LogP contribution < -0.4 is 5.32 Å². The molecular formula is C11H10N4O. The molecule has 0 aliphatic heterocycles. The highest BCUT2D eigenvalue weighted by molar-refractivity contribution is 5.49. The van der Waals surface area contributed by atoms with E-state index in [9.17, 15) is 0 Å². The average molecular weight is 214 g/mol.